The van der Waals surface area contributed by atoms with Crippen LogP contribution in [0.15, 0.2) is 18.2 Å². The average molecular weight is 289 g/mol. The monoisotopic (exact) mass is 289 g/mol. The largest absolute Gasteiger partial charge is 0.493 e. The molecule has 1 aromatic rings. The molecule has 2 heterocycles. The van der Waals surface area contributed by atoms with Gasteiger partial charge >= 0.3 is 0 Å². The molecule has 0 aromatic heterocycles. The quantitative estimate of drug-likeness (QED) is 0.924. The first-order valence-electron chi connectivity index (χ1n) is 7.95. The summed E-state index contributed by atoms with van der Waals surface area (Å²) in [4.78, 5) is 0. The van der Waals surface area contributed by atoms with Crippen LogP contribution >= 0.6 is 0 Å². The lowest BCUT2D eigenvalue weighted by molar-refractivity contribution is -0.0776. The van der Waals surface area contributed by atoms with Crippen LogP contribution in [0.25, 0.3) is 0 Å². The summed E-state index contributed by atoms with van der Waals surface area (Å²) in [5.41, 5.74) is 2.51. The first kappa shape index (κ1) is 14.9. The number of benzene rings is 1. The van der Waals surface area contributed by atoms with Crippen LogP contribution in [0, 0.1) is 5.92 Å². The van der Waals surface area contributed by atoms with Crippen molar-refractivity contribution in [1.29, 1.82) is 0 Å². The first-order valence-corrected chi connectivity index (χ1v) is 7.95. The van der Waals surface area contributed by atoms with Gasteiger partial charge in [0.05, 0.1) is 17.8 Å². The number of fused-ring (bicyclic) bond motifs is 1. The Kier molecular flexibility index (Phi) is 3.53. The van der Waals surface area contributed by atoms with E-state index in [-0.39, 0.29) is 11.2 Å². The summed E-state index contributed by atoms with van der Waals surface area (Å²) >= 11 is 0. The van der Waals surface area contributed by atoms with Gasteiger partial charge in [0, 0.05) is 18.4 Å². The van der Waals surface area contributed by atoms with E-state index in [1.165, 1.54) is 11.1 Å². The highest BCUT2D eigenvalue weighted by atomic mass is 16.5. The van der Waals surface area contributed by atoms with Gasteiger partial charge in [0.1, 0.15) is 5.75 Å². The number of ether oxygens (including phenoxy) is 2. The van der Waals surface area contributed by atoms with Gasteiger partial charge in [-0.15, -0.1) is 0 Å². The van der Waals surface area contributed by atoms with Crippen LogP contribution < -0.4 is 10.1 Å². The minimum absolute atomic E-state index is 0.0525. The summed E-state index contributed by atoms with van der Waals surface area (Å²) in [6.45, 7) is 9.63. The lowest BCUT2D eigenvalue weighted by Gasteiger charge is -2.33. The van der Waals surface area contributed by atoms with Crippen molar-refractivity contribution < 1.29 is 9.47 Å². The Labute approximate surface area is 128 Å². The molecule has 3 nitrogen and oxygen atoms in total. The standard InChI is InChI=1S/C18H27NO2/c1-17(2)11-14(18(3,4)21-17)16(19-5)13-6-7-15-12(10-13)8-9-20-15/h6-7,10,14,16,19H,8-9,11H2,1-5H3. The molecule has 0 bridgehead atoms. The normalized spacial score (nSPS) is 27.2. The van der Waals surface area contributed by atoms with E-state index in [0.717, 1.165) is 25.2 Å². The number of hydrogen-bond donors (Lipinski definition) is 1. The summed E-state index contributed by atoms with van der Waals surface area (Å²) in [6, 6.07) is 6.95. The van der Waals surface area contributed by atoms with E-state index in [4.69, 9.17) is 9.47 Å². The van der Waals surface area contributed by atoms with E-state index in [1.807, 2.05) is 0 Å². The Morgan fingerprint density at radius 2 is 2.00 bits per heavy atom. The van der Waals surface area contributed by atoms with Crippen molar-refractivity contribution >= 4 is 0 Å². The highest BCUT2D eigenvalue weighted by Crippen LogP contribution is 2.48. The van der Waals surface area contributed by atoms with Crippen LogP contribution in [0.3, 0.4) is 0 Å². The van der Waals surface area contributed by atoms with E-state index in [9.17, 15) is 0 Å². The molecule has 2 aliphatic rings. The zero-order chi connectivity index (χ0) is 15.3. The van der Waals surface area contributed by atoms with Crippen molar-refractivity contribution in [3.8, 4) is 5.75 Å². The third-order valence-corrected chi connectivity index (χ3v) is 4.93. The molecule has 1 fully saturated rings. The van der Waals surface area contributed by atoms with Crippen LogP contribution in [0.5, 0.6) is 5.75 Å². The van der Waals surface area contributed by atoms with Gasteiger partial charge < -0.3 is 14.8 Å². The van der Waals surface area contributed by atoms with E-state index in [1.54, 1.807) is 0 Å². The molecule has 3 heteroatoms. The fourth-order valence-electron chi connectivity index (χ4n) is 4.12. The van der Waals surface area contributed by atoms with Crippen LogP contribution in [-0.2, 0) is 11.2 Å². The van der Waals surface area contributed by atoms with Gasteiger partial charge in [-0.3, -0.25) is 0 Å². The van der Waals surface area contributed by atoms with Gasteiger partial charge in [-0.05, 0) is 58.4 Å². The van der Waals surface area contributed by atoms with Gasteiger partial charge in [-0.25, -0.2) is 0 Å². The molecule has 0 spiro atoms. The molecule has 1 aromatic carbocycles. The highest BCUT2D eigenvalue weighted by molar-refractivity contribution is 5.41. The van der Waals surface area contributed by atoms with Gasteiger partial charge in [0.2, 0.25) is 0 Å². The van der Waals surface area contributed by atoms with E-state index in [0.29, 0.717) is 12.0 Å². The van der Waals surface area contributed by atoms with E-state index >= 15 is 0 Å². The van der Waals surface area contributed by atoms with Crippen molar-refractivity contribution in [3.63, 3.8) is 0 Å². The minimum atomic E-state index is -0.118. The van der Waals surface area contributed by atoms with Gasteiger partial charge in [-0.1, -0.05) is 12.1 Å². The summed E-state index contributed by atoms with van der Waals surface area (Å²) in [5, 5.41) is 3.52. The van der Waals surface area contributed by atoms with Gasteiger partial charge in [0.25, 0.3) is 0 Å². The molecular formula is C18H27NO2. The third kappa shape index (κ3) is 2.69. The smallest absolute Gasteiger partial charge is 0.122 e. The molecule has 0 aliphatic carbocycles. The summed E-state index contributed by atoms with van der Waals surface area (Å²) < 4.78 is 11.9. The van der Waals surface area contributed by atoms with Crippen molar-refractivity contribution in [1.82, 2.24) is 5.32 Å². The van der Waals surface area contributed by atoms with Crippen LogP contribution in [-0.4, -0.2) is 24.9 Å². The van der Waals surface area contributed by atoms with Crippen LogP contribution in [0.2, 0.25) is 0 Å². The molecule has 1 saturated heterocycles. The van der Waals surface area contributed by atoms with Crippen molar-refractivity contribution in [2.45, 2.75) is 57.8 Å². The summed E-state index contributed by atoms with van der Waals surface area (Å²) in [7, 11) is 2.05. The zero-order valence-corrected chi connectivity index (χ0v) is 13.8. The third-order valence-electron chi connectivity index (χ3n) is 4.93. The molecule has 0 radical (unpaired) electrons. The molecule has 0 amide bonds. The maximum absolute atomic E-state index is 6.28. The fourth-order valence-corrected chi connectivity index (χ4v) is 4.12. The summed E-state index contributed by atoms with van der Waals surface area (Å²) in [6.07, 6.45) is 2.09. The van der Waals surface area contributed by atoms with Crippen molar-refractivity contribution in [2.75, 3.05) is 13.7 Å². The Morgan fingerprint density at radius 1 is 1.24 bits per heavy atom. The van der Waals surface area contributed by atoms with Crippen molar-refractivity contribution in [2.24, 2.45) is 5.92 Å². The highest BCUT2D eigenvalue weighted by Gasteiger charge is 2.49. The zero-order valence-electron chi connectivity index (χ0n) is 13.8. The van der Waals surface area contributed by atoms with Crippen molar-refractivity contribution in [3.05, 3.63) is 29.3 Å². The average Bonchev–Trinajstić information content (AvgIpc) is 2.92. The molecule has 21 heavy (non-hydrogen) atoms. The predicted octanol–water partition coefficient (Wildman–Crippen LogP) is 3.48. The lowest BCUT2D eigenvalue weighted by Crippen LogP contribution is -2.37. The first-order chi connectivity index (χ1) is 9.82. The minimum Gasteiger partial charge on any atom is -0.493 e. The molecular weight excluding hydrogens is 262 g/mol. The van der Waals surface area contributed by atoms with Crippen LogP contribution in [0.1, 0.15) is 51.3 Å². The molecule has 3 rings (SSSR count). The SMILES string of the molecule is CNC(c1ccc2c(c1)CCO2)C1CC(C)(C)OC1(C)C. The molecule has 1 N–H and O–H groups in total. The van der Waals surface area contributed by atoms with Gasteiger partial charge in [0.15, 0.2) is 0 Å². The molecule has 0 saturated carbocycles. The lowest BCUT2D eigenvalue weighted by atomic mass is 9.78. The number of nitrogens with one attached hydrogen (secondary N) is 1. The second-order valence-electron chi connectivity index (χ2n) is 7.51. The maximum Gasteiger partial charge on any atom is 0.122 e. The Balaban J connectivity index is 1.92. The fraction of sp³-hybridized carbons (Fsp3) is 0.667. The Morgan fingerprint density at radius 3 is 2.62 bits per heavy atom. The second-order valence-corrected chi connectivity index (χ2v) is 7.51. The number of hydrogen-bond acceptors (Lipinski definition) is 3. The summed E-state index contributed by atoms with van der Waals surface area (Å²) in [5.74, 6) is 1.51. The van der Waals surface area contributed by atoms with Gasteiger partial charge in [-0.2, -0.15) is 0 Å². The Bertz CT molecular complexity index is 536. The van der Waals surface area contributed by atoms with Crippen LogP contribution in [0.4, 0.5) is 0 Å². The molecule has 2 unspecified atom stereocenters. The number of rotatable bonds is 3. The maximum atomic E-state index is 6.28. The molecule has 2 aliphatic heterocycles. The van der Waals surface area contributed by atoms with E-state index in [2.05, 4.69) is 58.3 Å². The second kappa shape index (κ2) is 4.99. The Hall–Kier alpha value is -1.06. The topological polar surface area (TPSA) is 30.5 Å². The molecule has 2 atom stereocenters. The van der Waals surface area contributed by atoms with E-state index < -0.39 is 0 Å². The predicted molar refractivity (Wildman–Crippen MR) is 84.8 cm³/mol. The molecule has 116 valence electrons.